The van der Waals surface area contributed by atoms with Gasteiger partial charge in [0.2, 0.25) is 0 Å². The van der Waals surface area contributed by atoms with Crippen LogP contribution in [0.4, 0.5) is 0 Å². The first kappa shape index (κ1) is 15.3. The largest absolute Gasteiger partial charge is 0.492 e. The minimum absolute atomic E-state index is 0.571. The highest BCUT2D eigenvalue weighted by atomic mass is 35.5. The smallest absolute Gasteiger partial charge is 0.141 e. The van der Waals surface area contributed by atoms with E-state index in [1.165, 1.54) is 0 Å². The van der Waals surface area contributed by atoms with Gasteiger partial charge < -0.3 is 15.2 Å². The minimum atomic E-state index is 0.571. The predicted molar refractivity (Wildman–Crippen MR) is 75.3 cm³/mol. The quantitative estimate of drug-likeness (QED) is 0.790. The van der Waals surface area contributed by atoms with Crippen LogP contribution >= 0.6 is 11.6 Å². The molecule has 0 saturated heterocycles. The molecule has 1 aromatic carbocycles. The molecule has 0 amide bonds. The van der Waals surface area contributed by atoms with E-state index in [1.807, 2.05) is 13.0 Å². The molecule has 0 aliphatic heterocycles. The van der Waals surface area contributed by atoms with Gasteiger partial charge in [0.15, 0.2) is 0 Å². The average molecular weight is 272 g/mol. The van der Waals surface area contributed by atoms with Crippen LogP contribution in [-0.4, -0.2) is 19.8 Å². The molecular weight excluding hydrogens is 250 g/mol. The van der Waals surface area contributed by atoms with Crippen LogP contribution in [0.15, 0.2) is 12.1 Å². The van der Waals surface area contributed by atoms with E-state index in [-0.39, 0.29) is 0 Å². The van der Waals surface area contributed by atoms with Crippen molar-refractivity contribution in [2.75, 3.05) is 19.8 Å². The van der Waals surface area contributed by atoms with Gasteiger partial charge in [-0.1, -0.05) is 18.5 Å². The zero-order valence-electron chi connectivity index (χ0n) is 11.2. The Kier molecular flexibility index (Phi) is 7.09. The Balaban J connectivity index is 2.93. The average Bonchev–Trinajstić information content (AvgIpc) is 2.36. The fourth-order valence-corrected chi connectivity index (χ4v) is 2.04. The predicted octanol–water partition coefficient (Wildman–Crippen LogP) is 3.17. The maximum Gasteiger partial charge on any atom is 0.141 e. The molecule has 0 heterocycles. The minimum Gasteiger partial charge on any atom is -0.492 e. The van der Waals surface area contributed by atoms with Crippen LogP contribution < -0.4 is 10.5 Å². The van der Waals surface area contributed by atoms with Crippen LogP contribution in [0.1, 0.15) is 31.4 Å². The van der Waals surface area contributed by atoms with Crippen molar-refractivity contribution < 1.29 is 9.47 Å². The molecule has 2 N–H and O–H groups in total. The van der Waals surface area contributed by atoms with E-state index in [1.54, 1.807) is 0 Å². The summed E-state index contributed by atoms with van der Waals surface area (Å²) in [6.07, 6.45) is 1.72. The third-order valence-electron chi connectivity index (χ3n) is 2.52. The van der Waals surface area contributed by atoms with E-state index in [2.05, 4.69) is 13.0 Å². The Hall–Kier alpha value is -0.770. The normalized spacial score (nSPS) is 10.7. The van der Waals surface area contributed by atoms with Gasteiger partial charge in [0.25, 0.3) is 0 Å². The van der Waals surface area contributed by atoms with Crippen molar-refractivity contribution >= 4 is 11.6 Å². The maximum atomic E-state index is 6.26. The topological polar surface area (TPSA) is 44.5 Å². The molecule has 18 heavy (non-hydrogen) atoms. The van der Waals surface area contributed by atoms with E-state index in [9.17, 15) is 0 Å². The first-order valence-electron chi connectivity index (χ1n) is 6.44. The standard InChI is InChI=1S/C14H22ClNO2/c1-3-7-18-14-12(5-6-16)8-11(9-13(14)15)10-17-4-2/h8-9H,3-7,10,16H2,1-2H3. The van der Waals surface area contributed by atoms with Gasteiger partial charge in [-0.05, 0) is 49.6 Å². The van der Waals surface area contributed by atoms with E-state index >= 15 is 0 Å². The van der Waals surface area contributed by atoms with Gasteiger partial charge in [0.1, 0.15) is 5.75 Å². The van der Waals surface area contributed by atoms with E-state index in [0.29, 0.717) is 31.4 Å². The van der Waals surface area contributed by atoms with E-state index in [4.69, 9.17) is 26.8 Å². The van der Waals surface area contributed by atoms with Crippen molar-refractivity contribution in [3.8, 4) is 5.75 Å². The molecule has 0 spiro atoms. The van der Waals surface area contributed by atoms with Gasteiger partial charge in [-0.2, -0.15) is 0 Å². The molecule has 0 bridgehead atoms. The molecule has 0 fully saturated rings. The molecular formula is C14H22ClNO2. The summed E-state index contributed by atoms with van der Waals surface area (Å²) < 4.78 is 11.1. The molecule has 0 saturated carbocycles. The highest BCUT2D eigenvalue weighted by Crippen LogP contribution is 2.31. The lowest BCUT2D eigenvalue weighted by atomic mass is 10.1. The van der Waals surface area contributed by atoms with E-state index in [0.717, 1.165) is 29.7 Å². The zero-order chi connectivity index (χ0) is 13.4. The Bertz CT molecular complexity index is 369. The molecule has 0 aromatic heterocycles. The first-order chi connectivity index (χ1) is 8.72. The van der Waals surface area contributed by atoms with Crippen molar-refractivity contribution in [1.82, 2.24) is 0 Å². The Morgan fingerprint density at radius 3 is 2.67 bits per heavy atom. The van der Waals surface area contributed by atoms with Gasteiger partial charge >= 0.3 is 0 Å². The van der Waals surface area contributed by atoms with Crippen molar-refractivity contribution in [1.29, 1.82) is 0 Å². The van der Waals surface area contributed by atoms with E-state index < -0.39 is 0 Å². The highest BCUT2D eigenvalue weighted by Gasteiger charge is 2.10. The lowest BCUT2D eigenvalue weighted by Gasteiger charge is -2.14. The number of hydrogen-bond acceptors (Lipinski definition) is 3. The van der Waals surface area contributed by atoms with Crippen LogP contribution in [0.2, 0.25) is 5.02 Å². The van der Waals surface area contributed by atoms with Crippen LogP contribution in [0.3, 0.4) is 0 Å². The Morgan fingerprint density at radius 2 is 2.06 bits per heavy atom. The second kappa shape index (κ2) is 8.35. The van der Waals surface area contributed by atoms with Crippen molar-refractivity contribution in [2.45, 2.75) is 33.3 Å². The summed E-state index contributed by atoms with van der Waals surface area (Å²) in [5, 5.41) is 0.643. The third kappa shape index (κ3) is 4.48. The summed E-state index contributed by atoms with van der Waals surface area (Å²) in [7, 11) is 0. The number of halogens is 1. The number of nitrogens with two attached hydrogens (primary N) is 1. The lowest BCUT2D eigenvalue weighted by Crippen LogP contribution is -2.07. The molecule has 3 nitrogen and oxygen atoms in total. The fraction of sp³-hybridized carbons (Fsp3) is 0.571. The van der Waals surface area contributed by atoms with Gasteiger partial charge in [-0.15, -0.1) is 0 Å². The van der Waals surface area contributed by atoms with Gasteiger partial charge in [0, 0.05) is 6.61 Å². The summed E-state index contributed by atoms with van der Waals surface area (Å²) in [6, 6.07) is 3.97. The van der Waals surface area contributed by atoms with Crippen molar-refractivity contribution in [3.63, 3.8) is 0 Å². The fourth-order valence-electron chi connectivity index (χ4n) is 1.72. The molecule has 0 unspecified atom stereocenters. The van der Waals surface area contributed by atoms with Gasteiger partial charge in [-0.25, -0.2) is 0 Å². The molecule has 102 valence electrons. The van der Waals surface area contributed by atoms with Crippen LogP contribution in [0.5, 0.6) is 5.75 Å². The molecule has 0 aliphatic rings. The van der Waals surface area contributed by atoms with Gasteiger partial charge in [0.05, 0.1) is 18.2 Å². The highest BCUT2D eigenvalue weighted by molar-refractivity contribution is 6.32. The molecule has 1 rings (SSSR count). The van der Waals surface area contributed by atoms with Crippen LogP contribution in [0.25, 0.3) is 0 Å². The monoisotopic (exact) mass is 271 g/mol. The molecule has 1 aromatic rings. The molecule has 0 radical (unpaired) electrons. The van der Waals surface area contributed by atoms with Crippen LogP contribution in [0, 0.1) is 0 Å². The summed E-state index contributed by atoms with van der Waals surface area (Å²) in [4.78, 5) is 0. The van der Waals surface area contributed by atoms with Crippen LogP contribution in [-0.2, 0) is 17.8 Å². The third-order valence-corrected chi connectivity index (χ3v) is 2.80. The zero-order valence-corrected chi connectivity index (χ0v) is 11.9. The van der Waals surface area contributed by atoms with Crippen molar-refractivity contribution in [3.05, 3.63) is 28.3 Å². The molecule has 4 heteroatoms. The second-order valence-electron chi connectivity index (χ2n) is 4.09. The summed E-state index contributed by atoms with van der Waals surface area (Å²) >= 11 is 6.26. The summed E-state index contributed by atoms with van der Waals surface area (Å²) in [5.41, 5.74) is 7.76. The van der Waals surface area contributed by atoms with Crippen molar-refractivity contribution in [2.24, 2.45) is 5.73 Å². The maximum absolute atomic E-state index is 6.26. The molecule has 0 atom stereocenters. The number of hydrogen-bond donors (Lipinski definition) is 1. The summed E-state index contributed by atoms with van der Waals surface area (Å²) in [5.74, 6) is 0.768. The van der Waals surface area contributed by atoms with Gasteiger partial charge in [-0.3, -0.25) is 0 Å². The Labute approximate surface area is 114 Å². The number of rotatable bonds is 8. The molecule has 0 aliphatic carbocycles. The Morgan fingerprint density at radius 1 is 1.28 bits per heavy atom. The number of benzene rings is 1. The second-order valence-corrected chi connectivity index (χ2v) is 4.50. The lowest BCUT2D eigenvalue weighted by molar-refractivity contribution is 0.134. The first-order valence-corrected chi connectivity index (χ1v) is 6.82. The summed E-state index contributed by atoms with van der Waals surface area (Å²) in [6.45, 7) is 6.56. The SMILES string of the molecule is CCCOc1c(Cl)cc(COCC)cc1CCN. The number of ether oxygens (including phenoxy) is 2.